The Hall–Kier alpha value is -2.17. The van der Waals surface area contributed by atoms with E-state index in [2.05, 4.69) is 14.9 Å². The zero-order chi connectivity index (χ0) is 12.5. The molecular weight excluding hydrogens is 230 g/mol. The van der Waals surface area contributed by atoms with E-state index in [-0.39, 0.29) is 5.91 Å². The molecule has 1 aliphatic heterocycles. The molecule has 0 atom stereocenters. The van der Waals surface area contributed by atoms with Crippen molar-refractivity contribution >= 4 is 5.91 Å². The predicted octanol–water partition coefficient (Wildman–Crippen LogP) is 1.58. The van der Waals surface area contributed by atoms with E-state index in [0.717, 1.165) is 28.9 Å². The van der Waals surface area contributed by atoms with Crippen molar-refractivity contribution in [3.8, 4) is 0 Å². The Labute approximate surface area is 104 Å². The molecular formula is C13H13N3O2. The van der Waals surface area contributed by atoms with Crippen LogP contribution in [0.4, 0.5) is 0 Å². The molecule has 0 unspecified atom stereocenters. The van der Waals surface area contributed by atoms with Gasteiger partial charge in [-0.05, 0) is 25.0 Å². The van der Waals surface area contributed by atoms with Crippen LogP contribution in [0.1, 0.15) is 27.3 Å². The Balaban J connectivity index is 1.85. The highest BCUT2D eigenvalue weighted by Gasteiger charge is 2.25. The summed E-state index contributed by atoms with van der Waals surface area (Å²) in [5.74, 6) is 0.0549. The van der Waals surface area contributed by atoms with E-state index in [9.17, 15) is 4.79 Å². The van der Waals surface area contributed by atoms with Crippen molar-refractivity contribution in [3.63, 3.8) is 0 Å². The van der Waals surface area contributed by atoms with Gasteiger partial charge in [0.25, 0.3) is 5.91 Å². The molecule has 2 aromatic rings. The topological polar surface area (TPSA) is 59.2 Å². The van der Waals surface area contributed by atoms with Gasteiger partial charge in [0.1, 0.15) is 11.4 Å². The number of nitrogens with zero attached hydrogens (tertiary/aromatic N) is 3. The summed E-state index contributed by atoms with van der Waals surface area (Å²) < 4.78 is 4.65. The van der Waals surface area contributed by atoms with E-state index in [0.29, 0.717) is 13.1 Å². The van der Waals surface area contributed by atoms with E-state index < -0.39 is 0 Å². The number of carbonyl (C=O) groups excluding carboxylic acids is 1. The Kier molecular flexibility index (Phi) is 2.59. The smallest absolute Gasteiger partial charge is 0.254 e. The highest BCUT2D eigenvalue weighted by atomic mass is 16.6. The van der Waals surface area contributed by atoms with Crippen molar-refractivity contribution < 1.29 is 9.42 Å². The fourth-order valence-electron chi connectivity index (χ4n) is 2.20. The molecule has 92 valence electrons. The third kappa shape index (κ3) is 1.77. The summed E-state index contributed by atoms with van der Waals surface area (Å²) in [7, 11) is 0. The van der Waals surface area contributed by atoms with E-state index in [4.69, 9.17) is 0 Å². The van der Waals surface area contributed by atoms with Gasteiger partial charge in [-0.3, -0.25) is 4.79 Å². The Morgan fingerprint density at radius 1 is 1.33 bits per heavy atom. The molecule has 5 nitrogen and oxygen atoms in total. The standard InChI is InChI=1S/C13H13N3O2/c1-9-12(15-18-14-9)8-16-7-6-10-4-2-3-5-11(10)13(16)17/h2-5H,6-8H2,1H3. The van der Waals surface area contributed by atoms with E-state index in [1.807, 2.05) is 31.2 Å². The van der Waals surface area contributed by atoms with Crippen LogP contribution in [0.5, 0.6) is 0 Å². The number of carbonyl (C=O) groups is 1. The molecule has 1 aromatic carbocycles. The van der Waals surface area contributed by atoms with Gasteiger partial charge in [-0.15, -0.1) is 0 Å². The largest absolute Gasteiger partial charge is 0.332 e. The van der Waals surface area contributed by atoms with Crippen LogP contribution >= 0.6 is 0 Å². The predicted molar refractivity (Wildman–Crippen MR) is 63.9 cm³/mol. The first-order valence-corrected chi connectivity index (χ1v) is 5.91. The minimum Gasteiger partial charge on any atom is -0.332 e. The second-order valence-corrected chi connectivity index (χ2v) is 4.43. The summed E-state index contributed by atoms with van der Waals surface area (Å²) in [5, 5.41) is 7.55. The van der Waals surface area contributed by atoms with Gasteiger partial charge in [0.2, 0.25) is 0 Å². The maximum absolute atomic E-state index is 12.3. The molecule has 0 N–H and O–H groups in total. The first-order chi connectivity index (χ1) is 8.75. The van der Waals surface area contributed by atoms with Crippen molar-refractivity contribution in [1.82, 2.24) is 15.2 Å². The molecule has 1 aliphatic rings. The quantitative estimate of drug-likeness (QED) is 0.803. The molecule has 3 rings (SSSR count). The monoisotopic (exact) mass is 243 g/mol. The van der Waals surface area contributed by atoms with Gasteiger partial charge in [0.05, 0.1) is 6.54 Å². The molecule has 18 heavy (non-hydrogen) atoms. The van der Waals surface area contributed by atoms with Crippen LogP contribution in [0.25, 0.3) is 0 Å². The lowest BCUT2D eigenvalue weighted by Gasteiger charge is -2.27. The van der Waals surface area contributed by atoms with Crippen molar-refractivity contribution in [3.05, 3.63) is 46.8 Å². The summed E-state index contributed by atoms with van der Waals surface area (Å²) in [4.78, 5) is 14.1. The van der Waals surface area contributed by atoms with Crippen LogP contribution < -0.4 is 0 Å². The lowest BCUT2D eigenvalue weighted by molar-refractivity contribution is 0.0723. The van der Waals surface area contributed by atoms with Crippen molar-refractivity contribution in [1.29, 1.82) is 0 Å². The minimum atomic E-state index is 0.0549. The summed E-state index contributed by atoms with van der Waals surface area (Å²) in [6, 6.07) is 7.74. The molecule has 2 heterocycles. The second-order valence-electron chi connectivity index (χ2n) is 4.43. The molecule has 0 fully saturated rings. The Bertz CT molecular complexity index is 591. The summed E-state index contributed by atoms with van der Waals surface area (Å²) in [6.45, 7) is 3.00. The fourth-order valence-corrected chi connectivity index (χ4v) is 2.20. The molecule has 0 spiro atoms. The maximum Gasteiger partial charge on any atom is 0.254 e. The van der Waals surface area contributed by atoms with Crippen LogP contribution in [0.3, 0.4) is 0 Å². The normalized spacial score (nSPS) is 14.7. The molecule has 0 radical (unpaired) electrons. The van der Waals surface area contributed by atoms with Crippen LogP contribution in [-0.2, 0) is 13.0 Å². The van der Waals surface area contributed by atoms with Crippen LogP contribution in [-0.4, -0.2) is 27.7 Å². The lowest BCUT2D eigenvalue weighted by atomic mass is 9.99. The van der Waals surface area contributed by atoms with Crippen molar-refractivity contribution in [2.24, 2.45) is 0 Å². The first-order valence-electron chi connectivity index (χ1n) is 5.91. The maximum atomic E-state index is 12.3. The molecule has 0 aliphatic carbocycles. The van der Waals surface area contributed by atoms with E-state index in [1.165, 1.54) is 0 Å². The number of benzene rings is 1. The zero-order valence-corrected chi connectivity index (χ0v) is 10.1. The fraction of sp³-hybridized carbons (Fsp3) is 0.308. The van der Waals surface area contributed by atoms with E-state index >= 15 is 0 Å². The average Bonchev–Trinajstić information content (AvgIpc) is 2.79. The number of aryl methyl sites for hydroxylation is 1. The number of fused-ring (bicyclic) bond motifs is 1. The highest BCUT2D eigenvalue weighted by Crippen LogP contribution is 2.20. The molecule has 0 saturated heterocycles. The SMILES string of the molecule is Cc1nonc1CN1CCc2ccccc2C1=O. The third-order valence-corrected chi connectivity index (χ3v) is 3.27. The second kappa shape index (κ2) is 4.25. The number of hydrogen-bond donors (Lipinski definition) is 0. The van der Waals surface area contributed by atoms with Gasteiger partial charge < -0.3 is 4.90 Å². The first kappa shape index (κ1) is 11.0. The van der Waals surface area contributed by atoms with Gasteiger partial charge in [-0.25, -0.2) is 4.63 Å². The van der Waals surface area contributed by atoms with Crippen LogP contribution in [0, 0.1) is 6.92 Å². The third-order valence-electron chi connectivity index (χ3n) is 3.27. The molecule has 0 saturated carbocycles. The summed E-state index contributed by atoms with van der Waals surface area (Å²) >= 11 is 0. The van der Waals surface area contributed by atoms with Gasteiger partial charge in [-0.1, -0.05) is 28.5 Å². The van der Waals surface area contributed by atoms with Gasteiger partial charge in [-0.2, -0.15) is 0 Å². The minimum absolute atomic E-state index is 0.0549. The summed E-state index contributed by atoms with van der Waals surface area (Å²) in [5.41, 5.74) is 3.37. The number of hydrogen-bond acceptors (Lipinski definition) is 4. The Morgan fingerprint density at radius 2 is 2.17 bits per heavy atom. The molecule has 5 heteroatoms. The number of amides is 1. The number of rotatable bonds is 2. The van der Waals surface area contributed by atoms with Gasteiger partial charge in [0, 0.05) is 12.1 Å². The number of aromatic nitrogens is 2. The Morgan fingerprint density at radius 3 is 2.94 bits per heavy atom. The van der Waals surface area contributed by atoms with Gasteiger partial charge in [0.15, 0.2) is 0 Å². The van der Waals surface area contributed by atoms with Crippen LogP contribution in [0.15, 0.2) is 28.9 Å². The average molecular weight is 243 g/mol. The van der Waals surface area contributed by atoms with Crippen molar-refractivity contribution in [2.45, 2.75) is 19.9 Å². The van der Waals surface area contributed by atoms with Crippen molar-refractivity contribution in [2.75, 3.05) is 6.54 Å². The van der Waals surface area contributed by atoms with Gasteiger partial charge >= 0.3 is 0 Å². The molecule has 1 aromatic heterocycles. The molecule has 1 amide bonds. The highest BCUT2D eigenvalue weighted by molar-refractivity contribution is 5.96. The summed E-state index contributed by atoms with van der Waals surface area (Å²) in [6.07, 6.45) is 0.881. The lowest BCUT2D eigenvalue weighted by Crippen LogP contribution is -2.37. The van der Waals surface area contributed by atoms with Crippen LogP contribution in [0.2, 0.25) is 0 Å². The molecule has 0 bridgehead atoms. The zero-order valence-electron chi connectivity index (χ0n) is 10.1. The van der Waals surface area contributed by atoms with E-state index in [1.54, 1.807) is 4.90 Å².